The molecule has 2 aromatic heterocycles. The number of fused-ring (bicyclic) bond motifs is 1. The smallest absolute Gasteiger partial charge is 0.270 e. The number of benzene rings is 1. The average Bonchev–Trinajstić information content (AvgIpc) is 2.95. The number of anilines is 1. The molecule has 126 valence electrons. The summed E-state index contributed by atoms with van der Waals surface area (Å²) < 4.78 is 0. The molecule has 2 N–H and O–H groups in total. The summed E-state index contributed by atoms with van der Waals surface area (Å²) in [5, 5.41) is 22.4. The summed E-state index contributed by atoms with van der Waals surface area (Å²) >= 11 is 0. The third-order valence-electron chi connectivity index (χ3n) is 5.15. The van der Waals surface area contributed by atoms with E-state index in [1.807, 2.05) is 12.1 Å². The van der Waals surface area contributed by atoms with Crippen LogP contribution in [-0.4, -0.2) is 46.3 Å². The van der Waals surface area contributed by atoms with E-state index in [1.54, 1.807) is 18.3 Å². The molecule has 5 rings (SSSR count). The van der Waals surface area contributed by atoms with Crippen molar-refractivity contribution in [2.75, 3.05) is 31.1 Å². The Morgan fingerprint density at radius 1 is 1.20 bits per heavy atom. The highest BCUT2D eigenvalue weighted by molar-refractivity contribution is 5.94. The summed E-state index contributed by atoms with van der Waals surface area (Å²) in [7, 11) is 0. The van der Waals surface area contributed by atoms with Crippen LogP contribution >= 0.6 is 0 Å². The maximum Gasteiger partial charge on any atom is 0.270 e. The molecule has 2 fully saturated rings. The molecule has 0 amide bonds. The van der Waals surface area contributed by atoms with Gasteiger partial charge >= 0.3 is 0 Å². The van der Waals surface area contributed by atoms with Crippen molar-refractivity contribution in [3.05, 3.63) is 46.6 Å². The summed E-state index contributed by atoms with van der Waals surface area (Å²) in [4.78, 5) is 17.4. The van der Waals surface area contributed by atoms with Gasteiger partial charge in [0, 0.05) is 60.9 Å². The average molecular weight is 336 g/mol. The van der Waals surface area contributed by atoms with Gasteiger partial charge in [0.05, 0.1) is 10.4 Å². The van der Waals surface area contributed by atoms with Crippen molar-refractivity contribution in [2.24, 2.45) is 5.41 Å². The van der Waals surface area contributed by atoms with Crippen LogP contribution in [0.25, 0.3) is 22.2 Å². The topological polar surface area (TPSA) is 100.0 Å². The number of nitro benzene ring substituents is 1. The monoisotopic (exact) mass is 336 g/mol. The Hall–Kier alpha value is -3.00. The molecule has 8 nitrogen and oxygen atoms in total. The van der Waals surface area contributed by atoms with Crippen LogP contribution in [0, 0.1) is 15.5 Å². The van der Waals surface area contributed by atoms with Crippen LogP contribution in [0.1, 0.15) is 0 Å². The van der Waals surface area contributed by atoms with Gasteiger partial charge in [-0.1, -0.05) is 0 Å². The maximum atomic E-state index is 11.1. The standard InChI is InChI=1S/C17H16N6O2/c24-23(25)12-1-2-14-13(6-12)16(21-20-14)11-3-4-19-15(5-11)22-9-17(10-22)7-18-8-17/h1-6,18H,7-10H2,(H,20,21). The molecule has 1 spiro atoms. The Morgan fingerprint density at radius 3 is 2.76 bits per heavy atom. The van der Waals surface area contributed by atoms with Crippen molar-refractivity contribution in [3.8, 4) is 11.3 Å². The number of rotatable bonds is 3. The zero-order valence-electron chi connectivity index (χ0n) is 13.4. The fourth-order valence-electron chi connectivity index (χ4n) is 3.70. The van der Waals surface area contributed by atoms with E-state index in [2.05, 4.69) is 25.4 Å². The summed E-state index contributed by atoms with van der Waals surface area (Å²) in [6.45, 7) is 4.19. The highest BCUT2D eigenvalue weighted by atomic mass is 16.6. The third-order valence-corrected chi connectivity index (χ3v) is 5.15. The number of nitrogens with zero attached hydrogens (tertiary/aromatic N) is 4. The molecule has 3 aromatic rings. The predicted octanol–water partition coefficient (Wildman–Crippen LogP) is 1.94. The van der Waals surface area contributed by atoms with Gasteiger partial charge in [-0.3, -0.25) is 15.2 Å². The Labute approximate surface area is 143 Å². The Balaban J connectivity index is 1.51. The predicted molar refractivity (Wildman–Crippen MR) is 93.5 cm³/mol. The van der Waals surface area contributed by atoms with E-state index in [1.165, 1.54) is 6.07 Å². The Morgan fingerprint density at radius 2 is 2.04 bits per heavy atom. The van der Waals surface area contributed by atoms with Gasteiger partial charge in [0.15, 0.2) is 0 Å². The molecule has 8 heteroatoms. The van der Waals surface area contributed by atoms with E-state index in [0.29, 0.717) is 11.1 Å². The fraction of sp³-hybridized carbons (Fsp3) is 0.294. The first-order valence-corrected chi connectivity index (χ1v) is 8.18. The van der Waals surface area contributed by atoms with Gasteiger partial charge in [-0.2, -0.15) is 5.10 Å². The maximum absolute atomic E-state index is 11.1. The van der Waals surface area contributed by atoms with Gasteiger partial charge < -0.3 is 10.2 Å². The molecule has 0 radical (unpaired) electrons. The first-order chi connectivity index (χ1) is 12.1. The molecular formula is C17H16N6O2. The summed E-state index contributed by atoms with van der Waals surface area (Å²) in [6.07, 6.45) is 1.77. The molecule has 0 unspecified atom stereocenters. The van der Waals surface area contributed by atoms with Crippen molar-refractivity contribution in [1.82, 2.24) is 20.5 Å². The van der Waals surface area contributed by atoms with E-state index in [4.69, 9.17) is 0 Å². The number of hydrogen-bond donors (Lipinski definition) is 2. The third kappa shape index (κ3) is 2.18. The number of nitrogens with one attached hydrogen (secondary N) is 2. The number of non-ortho nitro benzene ring substituents is 1. The fourth-order valence-corrected chi connectivity index (χ4v) is 3.70. The van der Waals surface area contributed by atoms with Gasteiger partial charge in [0.25, 0.3) is 5.69 Å². The lowest BCUT2D eigenvalue weighted by Crippen LogP contribution is -2.71. The largest absolute Gasteiger partial charge is 0.355 e. The molecule has 0 bridgehead atoms. The van der Waals surface area contributed by atoms with Crippen LogP contribution in [0.2, 0.25) is 0 Å². The minimum absolute atomic E-state index is 0.0617. The van der Waals surface area contributed by atoms with Crippen molar-refractivity contribution in [2.45, 2.75) is 0 Å². The molecule has 2 aliphatic heterocycles. The van der Waals surface area contributed by atoms with Crippen molar-refractivity contribution >= 4 is 22.4 Å². The van der Waals surface area contributed by atoms with Gasteiger partial charge in [-0.25, -0.2) is 4.98 Å². The number of H-pyrrole nitrogens is 1. The number of aromatic amines is 1. The van der Waals surface area contributed by atoms with Gasteiger partial charge in [-0.15, -0.1) is 0 Å². The van der Waals surface area contributed by atoms with E-state index >= 15 is 0 Å². The second-order valence-corrected chi connectivity index (χ2v) is 6.92. The number of hydrogen-bond acceptors (Lipinski definition) is 6. The van der Waals surface area contributed by atoms with Gasteiger partial charge in [-0.05, 0) is 18.2 Å². The molecule has 4 heterocycles. The normalized spacial score (nSPS) is 18.2. The highest BCUT2D eigenvalue weighted by Gasteiger charge is 2.47. The van der Waals surface area contributed by atoms with Crippen LogP contribution in [0.3, 0.4) is 0 Å². The number of pyridine rings is 1. The second kappa shape index (κ2) is 5.00. The Bertz CT molecular complexity index is 986. The van der Waals surface area contributed by atoms with Crippen molar-refractivity contribution in [3.63, 3.8) is 0 Å². The number of aromatic nitrogens is 3. The summed E-state index contributed by atoms with van der Waals surface area (Å²) in [5.41, 5.74) is 2.89. The van der Waals surface area contributed by atoms with E-state index < -0.39 is 0 Å². The van der Waals surface area contributed by atoms with Gasteiger partial charge in [0.2, 0.25) is 0 Å². The summed E-state index contributed by atoms with van der Waals surface area (Å²) in [6, 6.07) is 8.63. The molecule has 0 aliphatic carbocycles. The van der Waals surface area contributed by atoms with E-state index in [-0.39, 0.29) is 10.6 Å². The zero-order chi connectivity index (χ0) is 17.0. The van der Waals surface area contributed by atoms with Crippen LogP contribution < -0.4 is 10.2 Å². The second-order valence-electron chi connectivity index (χ2n) is 6.92. The minimum atomic E-state index is -0.389. The zero-order valence-corrected chi connectivity index (χ0v) is 13.4. The quantitative estimate of drug-likeness (QED) is 0.560. The van der Waals surface area contributed by atoms with E-state index in [0.717, 1.165) is 48.5 Å². The van der Waals surface area contributed by atoms with Crippen LogP contribution in [0.4, 0.5) is 11.5 Å². The van der Waals surface area contributed by atoms with Crippen molar-refractivity contribution in [1.29, 1.82) is 0 Å². The first-order valence-electron chi connectivity index (χ1n) is 8.18. The summed E-state index contributed by atoms with van der Waals surface area (Å²) in [5.74, 6) is 0.927. The molecule has 2 aliphatic rings. The van der Waals surface area contributed by atoms with Crippen LogP contribution in [-0.2, 0) is 0 Å². The molecule has 2 saturated heterocycles. The molecule has 0 atom stereocenters. The SMILES string of the molecule is O=[N+]([O-])c1ccc2[nH]nc(-c3ccnc(N4CC5(CNC5)C4)c3)c2c1. The van der Waals surface area contributed by atoms with Crippen LogP contribution in [0.15, 0.2) is 36.5 Å². The minimum Gasteiger partial charge on any atom is -0.355 e. The Kier molecular flexibility index (Phi) is 2.87. The number of nitro groups is 1. The first kappa shape index (κ1) is 14.4. The lowest BCUT2D eigenvalue weighted by Gasteiger charge is -2.56. The lowest BCUT2D eigenvalue weighted by molar-refractivity contribution is -0.384. The van der Waals surface area contributed by atoms with E-state index in [9.17, 15) is 10.1 Å². The molecule has 1 aromatic carbocycles. The van der Waals surface area contributed by atoms with Gasteiger partial charge in [0.1, 0.15) is 11.5 Å². The van der Waals surface area contributed by atoms with Crippen LogP contribution in [0.5, 0.6) is 0 Å². The molecule has 25 heavy (non-hydrogen) atoms. The molecule has 0 saturated carbocycles. The van der Waals surface area contributed by atoms with Crippen molar-refractivity contribution < 1.29 is 4.92 Å². The molecular weight excluding hydrogens is 320 g/mol. The highest BCUT2D eigenvalue weighted by Crippen LogP contribution is 2.38. The lowest BCUT2D eigenvalue weighted by atomic mass is 9.74.